The van der Waals surface area contributed by atoms with E-state index in [0.717, 1.165) is 17.0 Å². The van der Waals surface area contributed by atoms with Crippen molar-refractivity contribution in [2.24, 2.45) is 7.05 Å². The molecule has 0 spiro atoms. The normalized spacial score (nSPS) is 10.5. The van der Waals surface area contributed by atoms with Crippen LogP contribution >= 0.6 is 0 Å². The average Bonchev–Trinajstić information content (AvgIpc) is 2.63. The Labute approximate surface area is 94.0 Å². The first-order valence-electron chi connectivity index (χ1n) is 4.97. The SMILES string of the molecule is CNc1nc2cc(OC)c(OC)cc2n1C. The minimum Gasteiger partial charge on any atom is -0.493 e. The summed E-state index contributed by atoms with van der Waals surface area (Å²) in [5, 5.41) is 3.03. The van der Waals surface area contributed by atoms with E-state index in [9.17, 15) is 0 Å². The Morgan fingerprint density at radius 2 is 1.81 bits per heavy atom. The van der Waals surface area contributed by atoms with Crippen LogP contribution in [0, 0.1) is 0 Å². The van der Waals surface area contributed by atoms with Gasteiger partial charge in [-0.15, -0.1) is 0 Å². The molecule has 16 heavy (non-hydrogen) atoms. The van der Waals surface area contributed by atoms with E-state index in [4.69, 9.17) is 9.47 Å². The summed E-state index contributed by atoms with van der Waals surface area (Å²) >= 11 is 0. The molecule has 1 aromatic heterocycles. The lowest BCUT2D eigenvalue weighted by atomic mass is 10.2. The fraction of sp³-hybridized carbons (Fsp3) is 0.364. The molecule has 1 heterocycles. The fourth-order valence-corrected chi connectivity index (χ4v) is 1.74. The van der Waals surface area contributed by atoms with Crippen molar-refractivity contribution in [3.05, 3.63) is 12.1 Å². The van der Waals surface area contributed by atoms with Crippen molar-refractivity contribution in [2.75, 3.05) is 26.6 Å². The number of methoxy groups -OCH3 is 2. The van der Waals surface area contributed by atoms with Crippen LogP contribution in [0.15, 0.2) is 12.1 Å². The quantitative estimate of drug-likeness (QED) is 0.855. The summed E-state index contributed by atoms with van der Waals surface area (Å²) in [6.07, 6.45) is 0. The average molecular weight is 221 g/mol. The second-order valence-electron chi connectivity index (χ2n) is 3.44. The number of benzene rings is 1. The molecule has 0 aliphatic heterocycles. The van der Waals surface area contributed by atoms with Crippen molar-refractivity contribution in [1.29, 1.82) is 0 Å². The van der Waals surface area contributed by atoms with E-state index in [2.05, 4.69) is 10.3 Å². The van der Waals surface area contributed by atoms with Gasteiger partial charge in [0.1, 0.15) is 0 Å². The van der Waals surface area contributed by atoms with Crippen LogP contribution in [0.5, 0.6) is 11.5 Å². The van der Waals surface area contributed by atoms with Gasteiger partial charge in [-0.25, -0.2) is 4.98 Å². The summed E-state index contributed by atoms with van der Waals surface area (Å²) in [7, 11) is 7.04. The topological polar surface area (TPSA) is 48.3 Å². The number of aryl methyl sites for hydroxylation is 1. The van der Waals surface area contributed by atoms with Gasteiger partial charge >= 0.3 is 0 Å². The van der Waals surface area contributed by atoms with Crippen LogP contribution in [0.3, 0.4) is 0 Å². The summed E-state index contributed by atoms with van der Waals surface area (Å²) in [5.41, 5.74) is 1.88. The number of imidazole rings is 1. The van der Waals surface area contributed by atoms with Gasteiger partial charge in [0, 0.05) is 26.2 Å². The molecule has 0 aliphatic rings. The molecule has 0 saturated heterocycles. The molecule has 0 aliphatic carbocycles. The zero-order chi connectivity index (χ0) is 11.7. The second-order valence-corrected chi connectivity index (χ2v) is 3.44. The van der Waals surface area contributed by atoms with Crippen LogP contribution in [0.4, 0.5) is 5.95 Å². The van der Waals surface area contributed by atoms with Gasteiger partial charge in [0.2, 0.25) is 5.95 Å². The molecular weight excluding hydrogens is 206 g/mol. The summed E-state index contributed by atoms with van der Waals surface area (Å²) in [4.78, 5) is 4.43. The maximum atomic E-state index is 5.26. The highest BCUT2D eigenvalue weighted by atomic mass is 16.5. The van der Waals surface area contributed by atoms with Gasteiger partial charge in [-0.2, -0.15) is 0 Å². The first-order chi connectivity index (χ1) is 7.71. The highest BCUT2D eigenvalue weighted by Gasteiger charge is 2.11. The van der Waals surface area contributed by atoms with Crippen LogP contribution in [0.25, 0.3) is 11.0 Å². The van der Waals surface area contributed by atoms with Crippen LogP contribution in [0.1, 0.15) is 0 Å². The number of hydrogen-bond acceptors (Lipinski definition) is 4. The number of ether oxygens (including phenoxy) is 2. The molecule has 1 N–H and O–H groups in total. The fourth-order valence-electron chi connectivity index (χ4n) is 1.74. The zero-order valence-corrected chi connectivity index (χ0v) is 9.87. The zero-order valence-electron chi connectivity index (χ0n) is 9.87. The summed E-state index contributed by atoms with van der Waals surface area (Å²) < 4.78 is 12.5. The van der Waals surface area contributed by atoms with E-state index in [0.29, 0.717) is 11.5 Å². The van der Waals surface area contributed by atoms with E-state index in [1.807, 2.05) is 30.8 Å². The summed E-state index contributed by atoms with van der Waals surface area (Å²) in [5.74, 6) is 2.21. The molecule has 0 radical (unpaired) electrons. The standard InChI is InChI=1S/C11H15N3O2/c1-12-11-13-7-5-9(15-3)10(16-4)6-8(7)14(11)2/h5-6H,1-4H3,(H,12,13). The predicted octanol–water partition coefficient (Wildman–Crippen LogP) is 1.63. The molecule has 5 heteroatoms. The van der Waals surface area contributed by atoms with Gasteiger partial charge < -0.3 is 19.4 Å². The number of aromatic nitrogens is 2. The van der Waals surface area contributed by atoms with Crippen LogP contribution in [-0.4, -0.2) is 30.8 Å². The number of fused-ring (bicyclic) bond motifs is 1. The molecule has 5 nitrogen and oxygen atoms in total. The van der Waals surface area contributed by atoms with Gasteiger partial charge in [-0.3, -0.25) is 0 Å². The lowest BCUT2D eigenvalue weighted by Gasteiger charge is -2.07. The molecule has 0 unspecified atom stereocenters. The number of hydrogen-bond donors (Lipinski definition) is 1. The highest BCUT2D eigenvalue weighted by Crippen LogP contribution is 2.32. The first-order valence-corrected chi connectivity index (χ1v) is 4.97. The van der Waals surface area contributed by atoms with Crippen molar-refractivity contribution in [3.63, 3.8) is 0 Å². The third-order valence-corrected chi connectivity index (χ3v) is 2.61. The minimum absolute atomic E-state index is 0.691. The molecule has 86 valence electrons. The summed E-state index contributed by atoms with van der Waals surface area (Å²) in [6, 6.07) is 3.79. The van der Waals surface area contributed by atoms with E-state index in [1.165, 1.54) is 0 Å². The van der Waals surface area contributed by atoms with Crippen LogP contribution in [0.2, 0.25) is 0 Å². The van der Waals surface area contributed by atoms with Gasteiger partial charge in [0.15, 0.2) is 11.5 Å². The largest absolute Gasteiger partial charge is 0.493 e. The third kappa shape index (κ3) is 1.44. The molecular formula is C11H15N3O2. The van der Waals surface area contributed by atoms with Gasteiger partial charge in [-0.05, 0) is 0 Å². The molecule has 0 bridgehead atoms. The Hall–Kier alpha value is -1.91. The Morgan fingerprint density at radius 3 is 2.38 bits per heavy atom. The lowest BCUT2D eigenvalue weighted by molar-refractivity contribution is 0.355. The Bertz CT molecular complexity index is 519. The first kappa shape index (κ1) is 10.6. The van der Waals surface area contributed by atoms with E-state index < -0.39 is 0 Å². The predicted molar refractivity (Wildman–Crippen MR) is 63.4 cm³/mol. The maximum Gasteiger partial charge on any atom is 0.203 e. The molecule has 2 aromatic rings. The number of rotatable bonds is 3. The number of anilines is 1. The Morgan fingerprint density at radius 1 is 1.19 bits per heavy atom. The van der Waals surface area contributed by atoms with Gasteiger partial charge in [0.05, 0.1) is 25.3 Å². The van der Waals surface area contributed by atoms with Crippen LogP contribution < -0.4 is 14.8 Å². The molecule has 0 saturated carbocycles. The molecule has 0 atom stereocenters. The Balaban J connectivity index is 2.71. The molecule has 0 fully saturated rings. The van der Waals surface area contributed by atoms with Crippen molar-refractivity contribution >= 4 is 17.0 Å². The van der Waals surface area contributed by atoms with Crippen molar-refractivity contribution in [2.45, 2.75) is 0 Å². The van der Waals surface area contributed by atoms with E-state index in [-0.39, 0.29) is 0 Å². The summed E-state index contributed by atoms with van der Waals surface area (Å²) in [6.45, 7) is 0. The maximum absolute atomic E-state index is 5.26. The molecule has 0 amide bonds. The number of nitrogens with one attached hydrogen (secondary N) is 1. The Kier molecular flexibility index (Phi) is 2.60. The smallest absolute Gasteiger partial charge is 0.203 e. The highest BCUT2D eigenvalue weighted by molar-refractivity contribution is 5.82. The van der Waals surface area contributed by atoms with Crippen molar-refractivity contribution in [1.82, 2.24) is 9.55 Å². The third-order valence-electron chi connectivity index (χ3n) is 2.61. The number of nitrogens with zero attached hydrogens (tertiary/aromatic N) is 2. The van der Waals surface area contributed by atoms with Crippen LogP contribution in [-0.2, 0) is 7.05 Å². The van der Waals surface area contributed by atoms with E-state index >= 15 is 0 Å². The minimum atomic E-state index is 0.691. The molecule has 1 aromatic carbocycles. The monoisotopic (exact) mass is 221 g/mol. The van der Waals surface area contributed by atoms with E-state index in [1.54, 1.807) is 14.2 Å². The van der Waals surface area contributed by atoms with Crippen molar-refractivity contribution in [3.8, 4) is 11.5 Å². The second kappa shape index (κ2) is 3.92. The van der Waals surface area contributed by atoms with Crippen molar-refractivity contribution < 1.29 is 9.47 Å². The lowest BCUT2D eigenvalue weighted by Crippen LogP contribution is -1.97. The van der Waals surface area contributed by atoms with Gasteiger partial charge in [-0.1, -0.05) is 0 Å². The molecule has 2 rings (SSSR count). The van der Waals surface area contributed by atoms with Gasteiger partial charge in [0.25, 0.3) is 0 Å².